The molecule has 1 unspecified atom stereocenters. The van der Waals surface area contributed by atoms with Crippen molar-refractivity contribution in [2.24, 2.45) is 0 Å². The van der Waals surface area contributed by atoms with Gasteiger partial charge in [-0.05, 0) is 64.2 Å². The van der Waals surface area contributed by atoms with Gasteiger partial charge in [0.15, 0.2) is 6.10 Å². The van der Waals surface area contributed by atoms with Crippen molar-refractivity contribution < 1.29 is 28.6 Å². The van der Waals surface area contributed by atoms with E-state index >= 15 is 0 Å². The van der Waals surface area contributed by atoms with Crippen LogP contribution in [0.5, 0.6) is 0 Å². The first-order chi connectivity index (χ1) is 27.0. The first kappa shape index (κ1) is 52.9. The van der Waals surface area contributed by atoms with Gasteiger partial charge in [0.25, 0.3) is 0 Å². The lowest BCUT2D eigenvalue weighted by atomic mass is 10.1. The third-order valence-electron chi connectivity index (χ3n) is 10.4. The minimum Gasteiger partial charge on any atom is -0.462 e. The lowest BCUT2D eigenvalue weighted by Gasteiger charge is -2.18. The van der Waals surface area contributed by atoms with E-state index in [4.69, 9.17) is 14.2 Å². The number of carbonyl (C=O) groups excluding carboxylic acids is 3. The van der Waals surface area contributed by atoms with E-state index in [0.717, 1.165) is 70.6 Å². The minimum atomic E-state index is -0.768. The number of esters is 3. The minimum absolute atomic E-state index is 0.0733. The molecule has 0 saturated heterocycles. The Hall–Kier alpha value is -2.11. The van der Waals surface area contributed by atoms with Gasteiger partial charge >= 0.3 is 17.9 Å². The Balaban J connectivity index is 4.21. The van der Waals surface area contributed by atoms with Gasteiger partial charge in [0, 0.05) is 19.3 Å². The molecule has 0 rings (SSSR count). The predicted molar refractivity (Wildman–Crippen MR) is 233 cm³/mol. The number of carbonyl (C=O) groups is 3. The Morgan fingerprint density at radius 1 is 0.345 bits per heavy atom. The quantitative estimate of drug-likeness (QED) is 0.0266. The number of hydrogen-bond acceptors (Lipinski definition) is 6. The Morgan fingerprint density at radius 2 is 0.618 bits per heavy atom. The molecule has 1 atom stereocenters. The highest BCUT2D eigenvalue weighted by atomic mass is 16.6. The van der Waals surface area contributed by atoms with Gasteiger partial charge in [-0.1, -0.05) is 193 Å². The number of rotatable bonds is 43. The van der Waals surface area contributed by atoms with Crippen molar-refractivity contribution in [2.75, 3.05) is 13.2 Å². The highest BCUT2D eigenvalue weighted by Crippen LogP contribution is 2.14. The number of ether oxygens (including phenoxy) is 3. The Kier molecular flexibility index (Phi) is 42.9. The molecule has 0 aromatic rings. The monoisotopic (exact) mass is 775 g/mol. The van der Waals surface area contributed by atoms with Crippen LogP contribution in [0, 0.1) is 0 Å². The summed E-state index contributed by atoms with van der Waals surface area (Å²) in [7, 11) is 0. The van der Waals surface area contributed by atoms with E-state index in [-0.39, 0.29) is 31.1 Å². The Bertz CT molecular complexity index is 896. The molecule has 0 fully saturated rings. The van der Waals surface area contributed by atoms with Gasteiger partial charge in [-0.15, -0.1) is 0 Å². The summed E-state index contributed by atoms with van der Waals surface area (Å²) in [4.78, 5) is 37.6. The van der Waals surface area contributed by atoms with Gasteiger partial charge in [0.1, 0.15) is 13.2 Å². The van der Waals surface area contributed by atoms with Gasteiger partial charge in [-0.25, -0.2) is 0 Å². The van der Waals surface area contributed by atoms with E-state index in [0.29, 0.717) is 19.3 Å². The molecule has 0 amide bonds. The predicted octanol–water partition coefficient (Wildman–Crippen LogP) is 15.2. The zero-order chi connectivity index (χ0) is 40.1. The van der Waals surface area contributed by atoms with Gasteiger partial charge in [-0.2, -0.15) is 0 Å². The second kappa shape index (κ2) is 44.6. The van der Waals surface area contributed by atoms with Crippen LogP contribution in [0.15, 0.2) is 24.3 Å². The Morgan fingerprint density at radius 3 is 0.964 bits per heavy atom. The molecule has 55 heavy (non-hydrogen) atoms. The van der Waals surface area contributed by atoms with E-state index in [9.17, 15) is 14.4 Å². The van der Waals surface area contributed by atoms with E-state index in [1.54, 1.807) is 0 Å². The van der Waals surface area contributed by atoms with Crippen molar-refractivity contribution in [3.63, 3.8) is 0 Å². The molecule has 0 heterocycles. The van der Waals surface area contributed by atoms with Crippen LogP contribution in [0.1, 0.15) is 252 Å². The molecule has 0 aromatic carbocycles. The molecule has 322 valence electrons. The zero-order valence-electron chi connectivity index (χ0n) is 36.7. The maximum absolute atomic E-state index is 12.7. The summed E-state index contributed by atoms with van der Waals surface area (Å²) in [5.41, 5.74) is 0. The van der Waals surface area contributed by atoms with E-state index < -0.39 is 6.10 Å². The maximum Gasteiger partial charge on any atom is 0.306 e. The molecule has 0 saturated carbocycles. The number of hydrogen-bond donors (Lipinski definition) is 0. The molecule has 0 N–H and O–H groups in total. The average molecular weight is 775 g/mol. The molecule has 0 aliphatic rings. The summed E-state index contributed by atoms with van der Waals surface area (Å²) in [6.07, 6.45) is 48.9. The standard InChI is InChI=1S/C49H90O6/c1-4-7-10-13-16-18-20-21-22-23-24-25-26-27-29-30-33-36-39-42-48(51)54-45-46(44-53-47(50)41-38-35-32-15-12-9-6-3)55-49(52)43-40-37-34-31-28-19-17-14-11-8-5-2/h14,17,21-22,46H,4-13,15-16,18-20,23-45H2,1-3H3/b17-14-,22-21-. The van der Waals surface area contributed by atoms with Crippen molar-refractivity contribution in [2.45, 2.75) is 258 Å². The molecule has 0 radical (unpaired) electrons. The lowest BCUT2D eigenvalue weighted by Crippen LogP contribution is -2.30. The topological polar surface area (TPSA) is 78.9 Å². The van der Waals surface area contributed by atoms with Crippen LogP contribution in [-0.4, -0.2) is 37.2 Å². The average Bonchev–Trinajstić information content (AvgIpc) is 3.18. The SMILES string of the molecule is CCCC/C=C\CCCCCCCC(=O)OC(COC(=O)CCCCCCCCC)COC(=O)CCCCCCCCCCC/C=C\CCCCCCCC. The van der Waals surface area contributed by atoms with Gasteiger partial charge < -0.3 is 14.2 Å². The van der Waals surface area contributed by atoms with Crippen LogP contribution in [0.2, 0.25) is 0 Å². The van der Waals surface area contributed by atoms with Crippen LogP contribution >= 0.6 is 0 Å². The van der Waals surface area contributed by atoms with Crippen molar-refractivity contribution in [1.82, 2.24) is 0 Å². The smallest absolute Gasteiger partial charge is 0.306 e. The highest BCUT2D eigenvalue weighted by molar-refractivity contribution is 5.71. The van der Waals surface area contributed by atoms with Gasteiger partial charge in [0.2, 0.25) is 0 Å². The largest absolute Gasteiger partial charge is 0.462 e. The summed E-state index contributed by atoms with van der Waals surface area (Å²) in [5.74, 6) is -0.886. The molecule has 6 nitrogen and oxygen atoms in total. The zero-order valence-corrected chi connectivity index (χ0v) is 36.7. The van der Waals surface area contributed by atoms with Crippen molar-refractivity contribution >= 4 is 17.9 Å². The highest BCUT2D eigenvalue weighted by Gasteiger charge is 2.19. The third kappa shape index (κ3) is 42.9. The fraction of sp³-hybridized carbons (Fsp3) is 0.857. The van der Waals surface area contributed by atoms with E-state index in [2.05, 4.69) is 45.1 Å². The van der Waals surface area contributed by atoms with Crippen LogP contribution in [0.3, 0.4) is 0 Å². The van der Waals surface area contributed by atoms with Crippen LogP contribution in [0.4, 0.5) is 0 Å². The molecular weight excluding hydrogens is 685 g/mol. The van der Waals surface area contributed by atoms with Crippen molar-refractivity contribution in [3.8, 4) is 0 Å². The van der Waals surface area contributed by atoms with Crippen LogP contribution < -0.4 is 0 Å². The number of unbranched alkanes of at least 4 members (excludes halogenated alkanes) is 28. The van der Waals surface area contributed by atoms with Gasteiger partial charge in [0.05, 0.1) is 0 Å². The molecular formula is C49H90O6. The molecule has 0 aliphatic heterocycles. The molecule has 0 bridgehead atoms. The summed E-state index contributed by atoms with van der Waals surface area (Å²) in [6, 6.07) is 0. The normalized spacial score (nSPS) is 12.1. The van der Waals surface area contributed by atoms with Crippen LogP contribution in [0.25, 0.3) is 0 Å². The molecule has 0 aromatic heterocycles. The fourth-order valence-electron chi connectivity index (χ4n) is 6.77. The summed E-state index contributed by atoms with van der Waals surface area (Å²) in [6.45, 7) is 6.55. The molecule has 6 heteroatoms. The van der Waals surface area contributed by atoms with E-state index in [1.807, 2.05) is 0 Å². The third-order valence-corrected chi connectivity index (χ3v) is 10.4. The first-order valence-corrected chi connectivity index (χ1v) is 23.8. The summed E-state index contributed by atoms with van der Waals surface area (Å²) < 4.78 is 16.7. The summed E-state index contributed by atoms with van der Waals surface area (Å²) in [5, 5.41) is 0. The van der Waals surface area contributed by atoms with Crippen LogP contribution in [-0.2, 0) is 28.6 Å². The lowest BCUT2D eigenvalue weighted by molar-refractivity contribution is -0.167. The summed E-state index contributed by atoms with van der Waals surface area (Å²) >= 11 is 0. The Labute approximate surface area is 341 Å². The molecule has 0 aliphatic carbocycles. The van der Waals surface area contributed by atoms with Crippen molar-refractivity contribution in [3.05, 3.63) is 24.3 Å². The fourth-order valence-corrected chi connectivity index (χ4v) is 6.77. The molecule has 0 spiro atoms. The second-order valence-electron chi connectivity index (χ2n) is 16.0. The first-order valence-electron chi connectivity index (χ1n) is 23.8. The maximum atomic E-state index is 12.7. The van der Waals surface area contributed by atoms with Gasteiger partial charge in [-0.3, -0.25) is 14.4 Å². The van der Waals surface area contributed by atoms with Crippen molar-refractivity contribution in [1.29, 1.82) is 0 Å². The number of allylic oxidation sites excluding steroid dienone is 4. The van der Waals surface area contributed by atoms with E-state index in [1.165, 1.54) is 141 Å². The second-order valence-corrected chi connectivity index (χ2v) is 16.0.